The van der Waals surface area contributed by atoms with E-state index in [9.17, 15) is 0 Å². The molecule has 1 aromatic rings. The lowest BCUT2D eigenvalue weighted by atomic mass is 10.1. The Bertz CT molecular complexity index is 287. The molecule has 1 heterocycles. The van der Waals surface area contributed by atoms with Gasteiger partial charge in [-0.2, -0.15) is 5.10 Å². The third-order valence-corrected chi connectivity index (χ3v) is 3.32. The van der Waals surface area contributed by atoms with Crippen LogP contribution in [0.4, 0.5) is 0 Å². The minimum Gasteiger partial charge on any atom is -0.268 e. The Morgan fingerprint density at radius 2 is 2.23 bits per heavy atom. The zero-order valence-electron chi connectivity index (χ0n) is 7.96. The second-order valence-corrected chi connectivity index (χ2v) is 4.32. The molecule has 2 rings (SSSR count). The van der Waals surface area contributed by atoms with Crippen LogP contribution in [0.25, 0.3) is 0 Å². The third-order valence-electron chi connectivity index (χ3n) is 2.95. The van der Waals surface area contributed by atoms with Gasteiger partial charge in [-0.05, 0) is 25.7 Å². The summed E-state index contributed by atoms with van der Waals surface area (Å²) in [7, 11) is 0. The van der Waals surface area contributed by atoms with Crippen molar-refractivity contribution in [1.29, 1.82) is 0 Å². The van der Waals surface area contributed by atoms with Crippen molar-refractivity contribution in [2.24, 2.45) is 5.92 Å². The summed E-state index contributed by atoms with van der Waals surface area (Å²) in [6.07, 6.45) is 7.23. The highest BCUT2D eigenvalue weighted by Crippen LogP contribution is 2.27. The molecule has 13 heavy (non-hydrogen) atoms. The van der Waals surface area contributed by atoms with Gasteiger partial charge in [-0.1, -0.05) is 24.4 Å². The molecule has 2 nitrogen and oxygen atoms in total. The van der Waals surface area contributed by atoms with Crippen LogP contribution in [0.5, 0.6) is 0 Å². The van der Waals surface area contributed by atoms with Crippen LogP contribution in [-0.2, 0) is 6.54 Å². The molecular formula is C10H15ClN2. The van der Waals surface area contributed by atoms with Crippen LogP contribution in [0, 0.1) is 12.8 Å². The molecule has 72 valence electrons. The normalized spacial score (nSPS) is 18.3. The molecule has 0 N–H and O–H groups in total. The number of hydrogen-bond donors (Lipinski definition) is 0. The van der Waals surface area contributed by atoms with Gasteiger partial charge in [-0.3, -0.25) is 4.68 Å². The van der Waals surface area contributed by atoms with Crippen LogP contribution in [0.3, 0.4) is 0 Å². The van der Waals surface area contributed by atoms with Crippen LogP contribution in [0.2, 0.25) is 5.02 Å². The van der Waals surface area contributed by atoms with Crippen LogP contribution < -0.4 is 0 Å². The summed E-state index contributed by atoms with van der Waals surface area (Å²) < 4.78 is 2.04. The third kappa shape index (κ3) is 1.88. The van der Waals surface area contributed by atoms with Crippen LogP contribution in [0.1, 0.15) is 31.4 Å². The fourth-order valence-corrected chi connectivity index (χ4v) is 2.19. The van der Waals surface area contributed by atoms with E-state index in [1.54, 1.807) is 6.20 Å². The number of rotatable bonds is 2. The summed E-state index contributed by atoms with van der Waals surface area (Å²) in [4.78, 5) is 0. The fourth-order valence-electron chi connectivity index (χ4n) is 2.05. The molecule has 0 unspecified atom stereocenters. The Hall–Kier alpha value is -0.500. The lowest BCUT2D eigenvalue weighted by molar-refractivity contribution is 0.423. The van der Waals surface area contributed by atoms with Crippen LogP contribution >= 0.6 is 11.6 Å². The van der Waals surface area contributed by atoms with Crippen molar-refractivity contribution in [3.8, 4) is 0 Å². The summed E-state index contributed by atoms with van der Waals surface area (Å²) in [6.45, 7) is 3.09. The first-order chi connectivity index (χ1) is 6.27. The lowest BCUT2D eigenvalue weighted by Crippen LogP contribution is -2.09. The Morgan fingerprint density at radius 1 is 1.54 bits per heavy atom. The average molecular weight is 199 g/mol. The zero-order valence-corrected chi connectivity index (χ0v) is 8.72. The van der Waals surface area contributed by atoms with Crippen molar-refractivity contribution < 1.29 is 0 Å². The smallest absolute Gasteiger partial charge is 0.0814 e. The first-order valence-corrected chi connectivity index (χ1v) is 5.33. The second kappa shape index (κ2) is 3.70. The van der Waals surface area contributed by atoms with E-state index in [0.717, 1.165) is 23.2 Å². The van der Waals surface area contributed by atoms with Gasteiger partial charge in [0.05, 0.1) is 16.9 Å². The van der Waals surface area contributed by atoms with Crippen molar-refractivity contribution >= 4 is 11.6 Å². The van der Waals surface area contributed by atoms with Crippen molar-refractivity contribution in [2.75, 3.05) is 0 Å². The molecule has 3 heteroatoms. The van der Waals surface area contributed by atoms with Crippen LogP contribution in [-0.4, -0.2) is 9.78 Å². The molecular weight excluding hydrogens is 184 g/mol. The van der Waals surface area contributed by atoms with Gasteiger partial charge in [0, 0.05) is 6.54 Å². The first kappa shape index (κ1) is 9.07. The molecule has 0 radical (unpaired) electrons. The van der Waals surface area contributed by atoms with E-state index in [-0.39, 0.29) is 0 Å². The highest BCUT2D eigenvalue weighted by molar-refractivity contribution is 6.31. The number of halogens is 1. The minimum absolute atomic E-state index is 0.790. The monoisotopic (exact) mass is 198 g/mol. The average Bonchev–Trinajstić information content (AvgIpc) is 2.71. The predicted molar refractivity (Wildman–Crippen MR) is 53.9 cm³/mol. The number of aromatic nitrogens is 2. The fraction of sp³-hybridized carbons (Fsp3) is 0.700. The maximum atomic E-state index is 5.93. The van der Waals surface area contributed by atoms with Crippen molar-refractivity contribution in [1.82, 2.24) is 9.78 Å². The molecule has 1 fully saturated rings. The molecule has 0 bridgehead atoms. The lowest BCUT2D eigenvalue weighted by Gasteiger charge is -2.10. The van der Waals surface area contributed by atoms with Gasteiger partial charge in [0.1, 0.15) is 0 Å². The highest BCUT2D eigenvalue weighted by Gasteiger charge is 2.16. The predicted octanol–water partition coefficient (Wildman–Crippen LogP) is 3.04. The van der Waals surface area contributed by atoms with Crippen molar-refractivity contribution in [3.05, 3.63) is 16.9 Å². The van der Waals surface area contributed by atoms with E-state index in [0.29, 0.717) is 0 Å². The van der Waals surface area contributed by atoms with Crippen molar-refractivity contribution in [2.45, 2.75) is 39.2 Å². The summed E-state index contributed by atoms with van der Waals surface area (Å²) >= 11 is 5.93. The number of hydrogen-bond acceptors (Lipinski definition) is 1. The van der Waals surface area contributed by atoms with E-state index in [1.807, 2.05) is 11.6 Å². The molecule has 0 spiro atoms. The van der Waals surface area contributed by atoms with Crippen LogP contribution in [0.15, 0.2) is 6.20 Å². The Morgan fingerprint density at radius 3 is 2.77 bits per heavy atom. The second-order valence-electron chi connectivity index (χ2n) is 3.91. The Kier molecular flexibility index (Phi) is 2.58. The van der Waals surface area contributed by atoms with Gasteiger partial charge >= 0.3 is 0 Å². The van der Waals surface area contributed by atoms with E-state index in [2.05, 4.69) is 5.10 Å². The number of nitrogens with zero attached hydrogens (tertiary/aromatic N) is 2. The molecule has 0 aromatic carbocycles. The molecule has 0 amide bonds. The molecule has 1 aromatic heterocycles. The van der Waals surface area contributed by atoms with E-state index in [1.165, 1.54) is 25.7 Å². The van der Waals surface area contributed by atoms with Gasteiger partial charge in [0.15, 0.2) is 0 Å². The zero-order chi connectivity index (χ0) is 9.26. The molecule has 0 saturated heterocycles. The Balaban J connectivity index is 2.04. The molecule has 0 atom stereocenters. The van der Waals surface area contributed by atoms with Gasteiger partial charge in [-0.15, -0.1) is 0 Å². The first-order valence-electron chi connectivity index (χ1n) is 4.95. The molecule has 1 aliphatic carbocycles. The molecule has 0 aliphatic heterocycles. The summed E-state index contributed by atoms with van der Waals surface area (Å²) in [5, 5.41) is 5.05. The Labute approximate surface area is 83.9 Å². The van der Waals surface area contributed by atoms with E-state index >= 15 is 0 Å². The van der Waals surface area contributed by atoms with Gasteiger partial charge in [0.25, 0.3) is 0 Å². The quantitative estimate of drug-likeness (QED) is 0.715. The highest BCUT2D eigenvalue weighted by atomic mass is 35.5. The summed E-state index contributed by atoms with van der Waals surface area (Å²) in [5.74, 6) is 0.828. The topological polar surface area (TPSA) is 17.8 Å². The van der Waals surface area contributed by atoms with E-state index in [4.69, 9.17) is 11.6 Å². The largest absolute Gasteiger partial charge is 0.268 e. The summed E-state index contributed by atoms with van der Waals surface area (Å²) in [6, 6.07) is 0. The minimum atomic E-state index is 0.790. The maximum Gasteiger partial charge on any atom is 0.0814 e. The van der Waals surface area contributed by atoms with E-state index < -0.39 is 0 Å². The van der Waals surface area contributed by atoms with Gasteiger partial charge < -0.3 is 0 Å². The molecule has 1 aliphatic rings. The van der Waals surface area contributed by atoms with Crippen molar-refractivity contribution in [3.63, 3.8) is 0 Å². The van der Waals surface area contributed by atoms with Gasteiger partial charge in [-0.25, -0.2) is 0 Å². The standard InChI is InChI=1S/C10H15ClN2/c1-8-10(11)6-12-13(8)7-9-4-2-3-5-9/h6,9H,2-5,7H2,1H3. The molecule has 1 saturated carbocycles. The SMILES string of the molecule is Cc1c(Cl)cnn1CC1CCCC1. The maximum absolute atomic E-state index is 5.93. The van der Waals surface area contributed by atoms with Gasteiger partial charge in [0.2, 0.25) is 0 Å². The summed E-state index contributed by atoms with van der Waals surface area (Å²) in [5.41, 5.74) is 1.11.